The number of ether oxygens (including phenoxy) is 3. The lowest BCUT2D eigenvalue weighted by Crippen LogP contribution is -2.26. The SMILES string of the molecule is Cc1ccc(N(C)S(=O)(=O)c2cccc(C(=O)Oc3ccc4c(c3)OCO4)c2)cc1. The van der Waals surface area contributed by atoms with E-state index in [1.807, 2.05) is 19.1 Å². The number of sulfonamides is 1. The second-order valence-electron chi connectivity index (χ2n) is 6.74. The van der Waals surface area contributed by atoms with Gasteiger partial charge < -0.3 is 14.2 Å². The van der Waals surface area contributed by atoms with Gasteiger partial charge in [-0.3, -0.25) is 4.31 Å². The molecule has 30 heavy (non-hydrogen) atoms. The average molecular weight is 425 g/mol. The van der Waals surface area contributed by atoms with Crippen molar-refractivity contribution in [3.63, 3.8) is 0 Å². The fourth-order valence-electron chi connectivity index (χ4n) is 2.94. The second kappa shape index (κ2) is 7.72. The molecule has 0 aromatic heterocycles. The van der Waals surface area contributed by atoms with Gasteiger partial charge in [-0.15, -0.1) is 0 Å². The highest BCUT2D eigenvalue weighted by Gasteiger charge is 2.23. The lowest BCUT2D eigenvalue weighted by molar-refractivity contribution is 0.0734. The standard InChI is InChI=1S/C22H19NO6S/c1-15-6-8-17(9-7-15)23(2)30(25,26)19-5-3-4-16(12-19)22(24)29-18-10-11-20-21(13-18)28-14-27-20/h3-13H,14H2,1-2H3. The van der Waals surface area contributed by atoms with Gasteiger partial charge in [0, 0.05) is 13.1 Å². The van der Waals surface area contributed by atoms with E-state index in [4.69, 9.17) is 14.2 Å². The molecule has 0 fully saturated rings. The minimum absolute atomic E-state index is 0.00860. The third kappa shape index (κ3) is 3.81. The summed E-state index contributed by atoms with van der Waals surface area (Å²) in [5.41, 5.74) is 1.66. The molecular weight excluding hydrogens is 406 g/mol. The Kier molecular flexibility index (Phi) is 5.09. The summed E-state index contributed by atoms with van der Waals surface area (Å²) in [6.07, 6.45) is 0. The maximum Gasteiger partial charge on any atom is 0.343 e. The van der Waals surface area contributed by atoms with Crippen LogP contribution < -0.4 is 18.5 Å². The Morgan fingerprint density at radius 2 is 1.70 bits per heavy atom. The maximum absolute atomic E-state index is 13.0. The van der Waals surface area contributed by atoms with Gasteiger partial charge in [0.05, 0.1) is 16.1 Å². The van der Waals surface area contributed by atoms with Crippen LogP contribution >= 0.6 is 0 Å². The van der Waals surface area contributed by atoms with Crippen LogP contribution in [0.5, 0.6) is 17.2 Å². The zero-order chi connectivity index (χ0) is 21.3. The first-order valence-corrected chi connectivity index (χ1v) is 10.6. The van der Waals surface area contributed by atoms with Gasteiger partial charge in [0.25, 0.3) is 10.0 Å². The van der Waals surface area contributed by atoms with Gasteiger partial charge in [-0.1, -0.05) is 23.8 Å². The van der Waals surface area contributed by atoms with E-state index in [-0.39, 0.29) is 23.0 Å². The lowest BCUT2D eigenvalue weighted by atomic mass is 10.2. The number of carbonyl (C=O) groups excluding carboxylic acids is 1. The minimum atomic E-state index is -3.85. The van der Waals surface area contributed by atoms with Gasteiger partial charge in [0.2, 0.25) is 6.79 Å². The van der Waals surface area contributed by atoms with Crippen molar-refractivity contribution in [2.75, 3.05) is 18.1 Å². The Labute approximate surface area is 174 Å². The van der Waals surface area contributed by atoms with Crippen LogP contribution in [-0.2, 0) is 10.0 Å². The zero-order valence-corrected chi connectivity index (χ0v) is 17.2. The Hall–Kier alpha value is -3.52. The van der Waals surface area contributed by atoms with E-state index in [9.17, 15) is 13.2 Å². The number of esters is 1. The topological polar surface area (TPSA) is 82.1 Å². The fraction of sp³-hybridized carbons (Fsp3) is 0.136. The minimum Gasteiger partial charge on any atom is -0.454 e. The normalized spacial score (nSPS) is 12.5. The smallest absolute Gasteiger partial charge is 0.343 e. The van der Waals surface area contributed by atoms with E-state index in [0.29, 0.717) is 17.2 Å². The molecule has 0 atom stereocenters. The molecule has 0 radical (unpaired) electrons. The van der Waals surface area contributed by atoms with Crippen molar-refractivity contribution in [2.45, 2.75) is 11.8 Å². The van der Waals surface area contributed by atoms with Crippen molar-refractivity contribution >= 4 is 21.7 Å². The van der Waals surface area contributed by atoms with E-state index < -0.39 is 16.0 Å². The van der Waals surface area contributed by atoms with Gasteiger partial charge in [-0.05, 0) is 49.4 Å². The summed E-state index contributed by atoms with van der Waals surface area (Å²) in [6, 6.07) is 17.6. The molecule has 0 bridgehead atoms. The van der Waals surface area contributed by atoms with Crippen LogP contribution in [0, 0.1) is 6.92 Å². The van der Waals surface area contributed by atoms with E-state index in [0.717, 1.165) is 5.56 Å². The molecule has 0 N–H and O–H groups in total. The number of benzene rings is 3. The van der Waals surface area contributed by atoms with Gasteiger partial charge in [0.15, 0.2) is 11.5 Å². The Bertz CT molecular complexity index is 1200. The molecule has 0 saturated carbocycles. The Morgan fingerprint density at radius 1 is 0.967 bits per heavy atom. The summed E-state index contributed by atoms with van der Waals surface area (Å²) in [5, 5.41) is 0. The van der Waals surface area contributed by atoms with Crippen molar-refractivity contribution in [3.05, 3.63) is 77.9 Å². The summed E-state index contributed by atoms with van der Waals surface area (Å²) in [6.45, 7) is 2.04. The molecule has 0 unspecified atom stereocenters. The highest BCUT2D eigenvalue weighted by molar-refractivity contribution is 7.92. The first-order chi connectivity index (χ1) is 14.3. The predicted octanol–water partition coefficient (Wildman–Crippen LogP) is 3.77. The Balaban J connectivity index is 1.57. The molecule has 1 heterocycles. The first-order valence-electron chi connectivity index (χ1n) is 9.12. The van der Waals surface area contributed by atoms with Gasteiger partial charge in [-0.2, -0.15) is 0 Å². The van der Waals surface area contributed by atoms with Crippen LogP contribution in [-0.4, -0.2) is 28.2 Å². The molecule has 0 spiro atoms. The average Bonchev–Trinajstić information content (AvgIpc) is 3.22. The van der Waals surface area contributed by atoms with E-state index in [2.05, 4.69) is 0 Å². The molecule has 154 valence electrons. The van der Waals surface area contributed by atoms with Crippen LogP contribution in [0.1, 0.15) is 15.9 Å². The summed E-state index contributed by atoms with van der Waals surface area (Å²) < 4.78 is 43.1. The summed E-state index contributed by atoms with van der Waals surface area (Å²) >= 11 is 0. The van der Waals surface area contributed by atoms with Crippen LogP contribution in [0.3, 0.4) is 0 Å². The van der Waals surface area contributed by atoms with Crippen LogP contribution in [0.4, 0.5) is 5.69 Å². The van der Waals surface area contributed by atoms with Crippen LogP contribution in [0.15, 0.2) is 71.6 Å². The van der Waals surface area contributed by atoms with E-state index in [1.165, 1.54) is 35.6 Å². The molecule has 8 heteroatoms. The number of aryl methyl sites for hydroxylation is 1. The summed E-state index contributed by atoms with van der Waals surface area (Å²) in [7, 11) is -2.38. The molecule has 1 aliphatic rings. The summed E-state index contributed by atoms with van der Waals surface area (Å²) in [5.74, 6) is 0.650. The van der Waals surface area contributed by atoms with Gasteiger partial charge >= 0.3 is 5.97 Å². The molecule has 4 rings (SSSR count). The third-order valence-corrected chi connectivity index (χ3v) is 6.46. The molecule has 7 nitrogen and oxygen atoms in total. The number of carbonyl (C=O) groups is 1. The second-order valence-corrected chi connectivity index (χ2v) is 8.71. The Morgan fingerprint density at radius 3 is 2.47 bits per heavy atom. The maximum atomic E-state index is 13.0. The zero-order valence-electron chi connectivity index (χ0n) is 16.4. The number of nitrogens with zero attached hydrogens (tertiary/aromatic N) is 1. The van der Waals surface area contributed by atoms with Crippen molar-refractivity contribution < 1.29 is 27.4 Å². The highest BCUT2D eigenvalue weighted by atomic mass is 32.2. The quantitative estimate of drug-likeness (QED) is 0.457. The van der Waals surface area contributed by atoms with E-state index in [1.54, 1.807) is 30.3 Å². The number of fused-ring (bicyclic) bond motifs is 1. The monoisotopic (exact) mass is 425 g/mol. The number of rotatable bonds is 5. The number of anilines is 1. The molecule has 0 amide bonds. The molecule has 3 aromatic carbocycles. The molecule has 0 saturated heterocycles. The first kappa shape index (κ1) is 19.8. The van der Waals surface area contributed by atoms with Gasteiger partial charge in [-0.25, -0.2) is 13.2 Å². The van der Waals surface area contributed by atoms with Crippen molar-refractivity contribution in [3.8, 4) is 17.2 Å². The van der Waals surface area contributed by atoms with Crippen molar-refractivity contribution in [1.29, 1.82) is 0 Å². The lowest BCUT2D eigenvalue weighted by Gasteiger charge is -2.20. The number of hydrogen-bond acceptors (Lipinski definition) is 6. The van der Waals surface area contributed by atoms with E-state index >= 15 is 0 Å². The molecular formula is C22H19NO6S. The van der Waals surface area contributed by atoms with Gasteiger partial charge in [0.1, 0.15) is 5.75 Å². The van der Waals surface area contributed by atoms with Crippen LogP contribution in [0.2, 0.25) is 0 Å². The fourth-order valence-corrected chi connectivity index (χ4v) is 4.18. The van der Waals surface area contributed by atoms with Crippen molar-refractivity contribution in [1.82, 2.24) is 0 Å². The van der Waals surface area contributed by atoms with Crippen molar-refractivity contribution in [2.24, 2.45) is 0 Å². The molecule has 0 aliphatic carbocycles. The molecule has 3 aromatic rings. The number of hydrogen-bond donors (Lipinski definition) is 0. The largest absolute Gasteiger partial charge is 0.454 e. The predicted molar refractivity (Wildman–Crippen MR) is 111 cm³/mol. The summed E-state index contributed by atoms with van der Waals surface area (Å²) in [4.78, 5) is 12.6. The highest BCUT2D eigenvalue weighted by Crippen LogP contribution is 2.35. The third-order valence-electron chi connectivity index (χ3n) is 4.68. The molecule has 1 aliphatic heterocycles. The van der Waals surface area contributed by atoms with Crippen LogP contribution in [0.25, 0.3) is 0 Å².